The highest BCUT2D eigenvalue weighted by Crippen LogP contribution is 2.12. The summed E-state index contributed by atoms with van der Waals surface area (Å²) in [6.07, 6.45) is 1.75. The van der Waals surface area contributed by atoms with Crippen molar-refractivity contribution in [3.8, 4) is 5.75 Å². The lowest BCUT2D eigenvalue weighted by molar-refractivity contribution is 0.0696. The van der Waals surface area contributed by atoms with Crippen LogP contribution in [0.5, 0.6) is 5.75 Å². The minimum absolute atomic E-state index is 0.227. The Hall–Kier alpha value is -2.34. The fourth-order valence-corrected chi connectivity index (χ4v) is 1.75. The number of aromatic carboxylic acids is 1. The molecule has 0 fully saturated rings. The van der Waals surface area contributed by atoms with E-state index in [9.17, 15) is 4.79 Å². The van der Waals surface area contributed by atoms with E-state index >= 15 is 0 Å². The molecule has 0 radical (unpaired) electrons. The zero-order chi connectivity index (χ0) is 14.4. The Kier molecular flexibility index (Phi) is 4.73. The van der Waals surface area contributed by atoms with E-state index in [0.717, 1.165) is 12.2 Å². The van der Waals surface area contributed by atoms with Crippen molar-refractivity contribution in [1.82, 2.24) is 15.1 Å². The van der Waals surface area contributed by atoms with Gasteiger partial charge in [-0.1, -0.05) is 6.07 Å². The van der Waals surface area contributed by atoms with Crippen molar-refractivity contribution in [3.05, 3.63) is 47.8 Å². The molecule has 2 aromatic rings. The predicted octanol–water partition coefficient (Wildman–Crippen LogP) is 1.29. The largest absolute Gasteiger partial charge is 0.492 e. The molecule has 0 saturated carbocycles. The third-order valence-electron chi connectivity index (χ3n) is 2.86. The Balaban J connectivity index is 1.72. The average molecular weight is 275 g/mol. The van der Waals surface area contributed by atoms with Crippen LogP contribution in [0.1, 0.15) is 16.1 Å². The van der Waals surface area contributed by atoms with Crippen molar-refractivity contribution in [3.63, 3.8) is 0 Å². The highest BCUT2D eigenvalue weighted by molar-refractivity contribution is 5.87. The first-order chi connectivity index (χ1) is 9.66. The lowest BCUT2D eigenvalue weighted by Gasteiger charge is -2.08. The molecule has 0 atom stereocenters. The van der Waals surface area contributed by atoms with Crippen LogP contribution in [0.2, 0.25) is 0 Å². The van der Waals surface area contributed by atoms with Gasteiger partial charge in [-0.05, 0) is 24.3 Å². The number of benzene rings is 1. The minimum atomic E-state index is -0.954. The topological polar surface area (TPSA) is 76.4 Å². The summed E-state index contributed by atoms with van der Waals surface area (Å²) in [5, 5.41) is 16.2. The van der Waals surface area contributed by atoms with Gasteiger partial charge in [0.25, 0.3) is 0 Å². The Morgan fingerprint density at radius 3 is 3.00 bits per heavy atom. The SMILES string of the molecule is Cn1nccc1CNCCOc1cccc(C(=O)O)c1. The maximum Gasteiger partial charge on any atom is 0.335 e. The number of carbonyl (C=O) groups is 1. The van der Waals surface area contributed by atoms with Gasteiger partial charge in [-0.25, -0.2) is 4.79 Å². The molecule has 1 aromatic carbocycles. The quantitative estimate of drug-likeness (QED) is 0.745. The zero-order valence-electron chi connectivity index (χ0n) is 11.2. The van der Waals surface area contributed by atoms with Gasteiger partial charge in [0.2, 0.25) is 0 Å². The number of nitrogens with one attached hydrogen (secondary N) is 1. The van der Waals surface area contributed by atoms with Gasteiger partial charge in [0, 0.05) is 26.3 Å². The summed E-state index contributed by atoms with van der Waals surface area (Å²) in [7, 11) is 1.89. The van der Waals surface area contributed by atoms with E-state index in [1.807, 2.05) is 17.8 Å². The number of carboxylic acid groups (broad SMARTS) is 1. The summed E-state index contributed by atoms with van der Waals surface area (Å²) in [5.41, 5.74) is 1.32. The first-order valence-corrected chi connectivity index (χ1v) is 6.30. The maximum absolute atomic E-state index is 10.8. The van der Waals surface area contributed by atoms with Gasteiger partial charge in [0.15, 0.2) is 0 Å². The fraction of sp³-hybridized carbons (Fsp3) is 0.286. The average Bonchev–Trinajstić information content (AvgIpc) is 2.84. The molecule has 2 N–H and O–H groups in total. The second-order valence-corrected chi connectivity index (χ2v) is 4.30. The van der Waals surface area contributed by atoms with Crippen LogP contribution in [0.3, 0.4) is 0 Å². The Morgan fingerprint density at radius 2 is 2.30 bits per heavy atom. The molecule has 106 valence electrons. The van der Waals surface area contributed by atoms with E-state index < -0.39 is 5.97 Å². The fourth-order valence-electron chi connectivity index (χ4n) is 1.75. The third-order valence-corrected chi connectivity index (χ3v) is 2.86. The Bertz CT molecular complexity index is 581. The maximum atomic E-state index is 10.8. The van der Waals surface area contributed by atoms with E-state index in [4.69, 9.17) is 9.84 Å². The van der Waals surface area contributed by atoms with Crippen molar-refractivity contribution < 1.29 is 14.6 Å². The van der Waals surface area contributed by atoms with Gasteiger partial charge < -0.3 is 15.2 Å². The van der Waals surface area contributed by atoms with Crippen molar-refractivity contribution in [2.75, 3.05) is 13.2 Å². The molecule has 0 bridgehead atoms. The normalized spacial score (nSPS) is 10.4. The Morgan fingerprint density at radius 1 is 1.45 bits per heavy atom. The van der Waals surface area contributed by atoms with Crippen LogP contribution in [0.25, 0.3) is 0 Å². The molecular formula is C14H17N3O3. The summed E-state index contributed by atoms with van der Waals surface area (Å²) in [6.45, 7) is 1.86. The third kappa shape index (κ3) is 3.83. The van der Waals surface area contributed by atoms with Gasteiger partial charge in [-0.2, -0.15) is 5.10 Å². The van der Waals surface area contributed by atoms with Crippen molar-refractivity contribution in [1.29, 1.82) is 0 Å². The molecule has 20 heavy (non-hydrogen) atoms. The number of rotatable bonds is 7. The number of nitrogens with zero attached hydrogens (tertiary/aromatic N) is 2. The molecule has 6 heteroatoms. The lowest BCUT2D eigenvalue weighted by atomic mass is 10.2. The van der Waals surface area contributed by atoms with Gasteiger partial charge in [0.1, 0.15) is 12.4 Å². The highest BCUT2D eigenvalue weighted by Gasteiger charge is 2.03. The number of hydrogen-bond donors (Lipinski definition) is 2. The summed E-state index contributed by atoms with van der Waals surface area (Å²) < 4.78 is 7.31. The summed E-state index contributed by atoms with van der Waals surface area (Å²) >= 11 is 0. The van der Waals surface area contributed by atoms with E-state index in [1.54, 1.807) is 18.3 Å². The van der Waals surface area contributed by atoms with Gasteiger partial charge in [0.05, 0.1) is 11.3 Å². The molecule has 2 rings (SSSR count). The van der Waals surface area contributed by atoms with Crippen molar-refractivity contribution >= 4 is 5.97 Å². The molecule has 6 nitrogen and oxygen atoms in total. The molecule has 0 aliphatic carbocycles. The van der Waals surface area contributed by atoms with Crippen molar-refractivity contribution in [2.24, 2.45) is 7.05 Å². The minimum Gasteiger partial charge on any atom is -0.492 e. The van der Waals surface area contributed by atoms with Crippen molar-refractivity contribution in [2.45, 2.75) is 6.54 Å². The first kappa shape index (κ1) is 14.1. The van der Waals surface area contributed by atoms with Crippen LogP contribution in [-0.2, 0) is 13.6 Å². The van der Waals surface area contributed by atoms with Crippen LogP contribution in [0.15, 0.2) is 36.5 Å². The van der Waals surface area contributed by atoms with Gasteiger partial charge in [-0.15, -0.1) is 0 Å². The Labute approximate surface area is 117 Å². The molecule has 1 heterocycles. The van der Waals surface area contributed by atoms with E-state index in [2.05, 4.69) is 10.4 Å². The summed E-state index contributed by atoms with van der Waals surface area (Å²) in [4.78, 5) is 10.8. The smallest absolute Gasteiger partial charge is 0.335 e. The molecule has 0 aliphatic rings. The number of aromatic nitrogens is 2. The first-order valence-electron chi connectivity index (χ1n) is 6.30. The second kappa shape index (κ2) is 6.72. The van der Waals surface area contributed by atoms with Crippen LogP contribution in [-0.4, -0.2) is 34.0 Å². The molecule has 1 aromatic heterocycles. The zero-order valence-corrected chi connectivity index (χ0v) is 11.2. The van der Waals surface area contributed by atoms with Crippen LogP contribution in [0.4, 0.5) is 0 Å². The molecular weight excluding hydrogens is 258 g/mol. The van der Waals surface area contributed by atoms with E-state index in [-0.39, 0.29) is 5.56 Å². The molecule has 0 aliphatic heterocycles. The molecule has 0 spiro atoms. The number of aryl methyl sites for hydroxylation is 1. The monoisotopic (exact) mass is 275 g/mol. The van der Waals surface area contributed by atoms with Crippen LogP contribution >= 0.6 is 0 Å². The molecule has 0 saturated heterocycles. The number of ether oxygens (including phenoxy) is 1. The summed E-state index contributed by atoms with van der Waals surface area (Å²) in [6, 6.07) is 8.42. The van der Waals surface area contributed by atoms with Gasteiger partial charge in [-0.3, -0.25) is 4.68 Å². The van der Waals surface area contributed by atoms with Gasteiger partial charge >= 0.3 is 5.97 Å². The molecule has 0 unspecified atom stereocenters. The van der Waals surface area contributed by atoms with Crippen LogP contribution < -0.4 is 10.1 Å². The number of hydrogen-bond acceptors (Lipinski definition) is 4. The van der Waals surface area contributed by atoms with E-state index in [0.29, 0.717) is 18.9 Å². The highest BCUT2D eigenvalue weighted by atomic mass is 16.5. The molecule has 0 amide bonds. The second-order valence-electron chi connectivity index (χ2n) is 4.30. The standard InChI is InChI=1S/C14H17N3O3/c1-17-12(5-6-16-17)10-15-7-8-20-13-4-2-3-11(9-13)14(18)19/h2-6,9,15H,7-8,10H2,1H3,(H,18,19). The van der Waals surface area contributed by atoms with E-state index in [1.165, 1.54) is 12.1 Å². The lowest BCUT2D eigenvalue weighted by Crippen LogP contribution is -2.22. The number of carboxylic acids is 1. The van der Waals surface area contributed by atoms with Crippen LogP contribution in [0, 0.1) is 0 Å². The predicted molar refractivity (Wildman–Crippen MR) is 73.8 cm³/mol. The summed E-state index contributed by atoms with van der Waals surface area (Å²) in [5.74, 6) is -0.392.